The molecule has 2 atom stereocenters. The van der Waals surface area contributed by atoms with Crippen LogP contribution in [0.5, 0.6) is 5.75 Å². The molecule has 0 bridgehead atoms. The van der Waals surface area contributed by atoms with Crippen LogP contribution in [-0.2, 0) is 11.3 Å². The van der Waals surface area contributed by atoms with E-state index in [-0.39, 0.29) is 17.7 Å². The first-order valence-corrected chi connectivity index (χ1v) is 11.8. The molecule has 6 rings (SSSR count). The highest BCUT2D eigenvalue weighted by Crippen LogP contribution is 2.47. The van der Waals surface area contributed by atoms with E-state index in [1.54, 1.807) is 19.6 Å². The Kier molecular flexibility index (Phi) is 5.41. The molecule has 1 aliphatic carbocycles. The predicted molar refractivity (Wildman–Crippen MR) is 133 cm³/mol. The number of nitrogens with zero attached hydrogens (tertiary/aromatic N) is 1. The van der Waals surface area contributed by atoms with Gasteiger partial charge in [-0.05, 0) is 60.5 Å². The van der Waals surface area contributed by atoms with Gasteiger partial charge in [-0.15, -0.1) is 0 Å². The van der Waals surface area contributed by atoms with Gasteiger partial charge in [0.05, 0.1) is 31.0 Å². The molecule has 0 unspecified atom stereocenters. The van der Waals surface area contributed by atoms with Crippen LogP contribution in [0.1, 0.15) is 41.9 Å². The minimum Gasteiger partial charge on any atom is -0.497 e. The summed E-state index contributed by atoms with van der Waals surface area (Å²) in [6.07, 6.45) is 4.43. The lowest BCUT2D eigenvalue weighted by Crippen LogP contribution is -2.33. The maximum atomic E-state index is 13.8. The van der Waals surface area contributed by atoms with Gasteiger partial charge in [-0.1, -0.05) is 24.3 Å². The lowest BCUT2D eigenvalue weighted by Gasteiger charge is -2.34. The van der Waals surface area contributed by atoms with Gasteiger partial charge in [0.1, 0.15) is 23.3 Å². The summed E-state index contributed by atoms with van der Waals surface area (Å²) in [4.78, 5) is 16.1. The Morgan fingerprint density at radius 2 is 1.66 bits per heavy atom. The highest BCUT2D eigenvalue weighted by Gasteiger charge is 2.41. The van der Waals surface area contributed by atoms with E-state index in [1.165, 1.54) is 0 Å². The Hall–Kier alpha value is -4.19. The molecule has 1 aliphatic heterocycles. The number of ketones is 1. The van der Waals surface area contributed by atoms with Crippen molar-refractivity contribution in [3.8, 4) is 5.75 Å². The average molecular weight is 467 g/mol. The van der Waals surface area contributed by atoms with Crippen molar-refractivity contribution in [1.29, 1.82) is 0 Å². The van der Waals surface area contributed by atoms with Crippen LogP contribution in [0.2, 0.25) is 0 Å². The average Bonchev–Trinajstić information content (AvgIpc) is 3.59. The van der Waals surface area contributed by atoms with Crippen LogP contribution < -0.4 is 15.0 Å². The molecule has 0 fully saturated rings. The number of hydrogen-bond donors (Lipinski definition) is 1. The summed E-state index contributed by atoms with van der Waals surface area (Å²) < 4.78 is 17.0. The van der Waals surface area contributed by atoms with E-state index in [1.807, 2.05) is 48.5 Å². The van der Waals surface area contributed by atoms with Crippen molar-refractivity contribution in [1.82, 2.24) is 0 Å². The summed E-state index contributed by atoms with van der Waals surface area (Å²) in [5.41, 5.74) is 4.77. The van der Waals surface area contributed by atoms with E-state index in [0.29, 0.717) is 19.4 Å². The summed E-state index contributed by atoms with van der Waals surface area (Å²) in [6, 6.07) is 23.5. The van der Waals surface area contributed by atoms with Crippen LogP contribution in [-0.4, -0.2) is 12.9 Å². The first-order valence-electron chi connectivity index (χ1n) is 11.8. The maximum absolute atomic E-state index is 13.8. The van der Waals surface area contributed by atoms with E-state index < -0.39 is 0 Å². The van der Waals surface area contributed by atoms with E-state index in [9.17, 15) is 4.79 Å². The molecule has 0 radical (unpaired) electrons. The molecule has 0 spiro atoms. The number of allylic oxidation sites excluding steroid dienone is 1. The van der Waals surface area contributed by atoms with Crippen molar-refractivity contribution in [2.45, 2.75) is 31.3 Å². The van der Waals surface area contributed by atoms with Crippen LogP contribution in [0.4, 0.5) is 11.4 Å². The number of hydrogen-bond acceptors (Lipinski definition) is 6. The van der Waals surface area contributed by atoms with Crippen LogP contribution >= 0.6 is 0 Å². The van der Waals surface area contributed by atoms with Gasteiger partial charge in [-0.25, -0.2) is 0 Å². The molecule has 2 aromatic carbocycles. The molecule has 6 heteroatoms. The molecular formula is C29H26N2O4. The highest BCUT2D eigenvalue weighted by atomic mass is 16.5. The molecule has 2 aliphatic rings. The quantitative estimate of drug-likeness (QED) is 0.364. The third-order valence-electron chi connectivity index (χ3n) is 6.86. The summed E-state index contributed by atoms with van der Waals surface area (Å²) in [5.74, 6) is 2.50. The van der Waals surface area contributed by atoms with Crippen molar-refractivity contribution in [2.24, 2.45) is 0 Å². The zero-order chi connectivity index (χ0) is 23.8. The largest absolute Gasteiger partial charge is 0.497 e. The molecule has 2 aromatic heterocycles. The smallest absolute Gasteiger partial charge is 0.163 e. The number of fused-ring (bicyclic) bond motifs is 1. The van der Waals surface area contributed by atoms with Gasteiger partial charge in [0.15, 0.2) is 5.78 Å². The van der Waals surface area contributed by atoms with Gasteiger partial charge in [0.2, 0.25) is 0 Å². The van der Waals surface area contributed by atoms with Crippen molar-refractivity contribution >= 4 is 17.2 Å². The van der Waals surface area contributed by atoms with Crippen LogP contribution in [0, 0.1) is 0 Å². The van der Waals surface area contributed by atoms with Gasteiger partial charge < -0.3 is 23.8 Å². The summed E-state index contributed by atoms with van der Waals surface area (Å²) in [7, 11) is 1.66. The Bertz CT molecular complexity index is 1350. The summed E-state index contributed by atoms with van der Waals surface area (Å²) in [5, 5.41) is 3.62. The van der Waals surface area contributed by atoms with E-state index >= 15 is 0 Å². The highest BCUT2D eigenvalue weighted by molar-refractivity contribution is 6.01. The number of benzene rings is 2. The normalized spacial score (nSPS) is 19.6. The van der Waals surface area contributed by atoms with E-state index in [4.69, 9.17) is 13.6 Å². The number of ether oxygens (including phenoxy) is 1. The number of carbonyl (C=O) groups excluding carboxylic acids is 1. The van der Waals surface area contributed by atoms with Crippen molar-refractivity contribution < 1.29 is 18.4 Å². The monoisotopic (exact) mass is 466 g/mol. The number of anilines is 2. The predicted octanol–water partition coefficient (Wildman–Crippen LogP) is 6.46. The van der Waals surface area contributed by atoms with E-state index in [2.05, 4.69) is 34.5 Å². The number of furan rings is 2. The molecular weight excluding hydrogens is 440 g/mol. The molecule has 1 N–H and O–H groups in total. The lowest BCUT2D eigenvalue weighted by molar-refractivity contribution is -0.116. The minimum atomic E-state index is -0.358. The van der Waals surface area contributed by atoms with Gasteiger partial charge in [0, 0.05) is 30.2 Å². The molecule has 6 nitrogen and oxygen atoms in total. The van der Waals surface area contributed by atoms with Gasteiger partial charge in [-0.3, -0.25) is 4.79 Å². The van der Waals surface area contributed by atoms with Gasteiger partial charge in [-0.2, -0.15) is 0 Å². The van der Waals surface area contributed by atoms with Crippen molar-refractivity contribution in [2.75, 3.05) is 17.3 Å². The first kappa shape index (κ1) is 21.4. The SMILES string of the molecule is COc1ccc(CN2c3ccccc3NC3=C(C(=O)C[C@H](c4ccco4)C3)[C@@H]2c2ccco2)cc1. The zero-order valence-electron chi connectivity index (χ0n) is 19.4. The molecule has 0 saturated carbocycles. The van der Waals surface area contributed by atoms with Gasteiger partial charge in [0.25, 0.3) is 0 Å². The molecule has 176 valence electrons. The number of nitrogens with one attached hydrogen (secondary N) is 1. The zero-order valence-corrected chi connectivity index (χ0v) is 19.4. The van der Waals surface area contributed by atoms with E-state index in [0.717, 1.165) is 45.5 Å². The Morgan fingerprint density at radius 3 is 2.37 bits per heavy atom. The number of Topliss-reactive ketones (excluding diaryl/α,β-unsaturated/α-hetero) is 1. The molecule has 0 amide bonds. The fourth-order valence-corrected chi connectivity index (χ4v) is 5.23. The summed E-state index contributed by atoms with van der Waals surface area (Å²) >= 11 is 0. The fraction of sp³-hybridized carbons (Fsp3) is 0.207. The Morgan fingerprint density at radius 1 is 0.914 bits per heavy atom. The second-order valence-corrected chi connectivity index (χ2v) is 8.97. The third-order valence-corrected chi connectivity index (χ3v) is 6.86. The van der Waals surface area contributed by atoms with Crippen LogP contribution in [0.25, 0.3) is 0 Å². The van der Waals surface area contributed by atoms with Crippen molar-refractivity contribution in [3.63, 3.8) is 0 Å². The van der Waals surface area contributed by atoms with Crippen molar-refractivity contribution in [3.05, 3.63) is 114 Å². The summed E-state index contributed by atoms with van der Waals surface area (Å²) in [6.45, 7) is 0.597. The second-order valence-electron chi connectivity index (χ2n) is 8.97. The third kappa shape index (κ3) is 3.91. The number of para-hydroxylation sites is 2. The molecule has 3 heterocycles. The second kappa shape index (κ2) is 8.87. The Balaban J connectivity index is 1.49. The number of carbonyl (C=O) groups is 1. The van der Waals surface area contributed by atoms with Crippen LogP contribution in [0.15, 0.2) is 105 Å². The minimum absolute atomic E-state index is 0.00121. The lowest BCUT2D eigenvalue weighted by atomic mass is 9.81. The maximum Gasteiger partial charge on any atom is 0.163 e. The molecule has 35 heavy (non-hydrogen) atoms. The Labute approximate surface area is 203 Å². The standard InChI is InChI=1S/C29H26N2O4/c1-33-21-12-10-19(11-13-21)18-31-24-7-3-2-6-22(24)30-23-16-20(26-8-4-14-34-26)17-25(32)28(23)29(31)27-9-5-15-35-27/h2-15,20,29-30H,16-18H2,1H3/t20-,29+/m1/s1. The van der Waals surface area contributed by atoms with Gasteiger partial charge >= 0.3 is 0 Å². The first-order chi connectivity index (χ1) is 17.2. The fourth-order valence-electron chi connectivity index (χ4n) is 5.23. The number of rotatable bonds is 5. The number of methoxy groups -OCH3 is 1. The molecule has 4 aromatic rings. The van der Waals surface area contributed by atoms with Crippen LogP contribution in [0.3, 0.4) is 0 Å². The molecule has 0 saturated heterocycles. The topological polar surface area (TPSA) is 67.8 Å².